The number of aryl methyl sites for hydroxylation is 1. The van der Waals surface area contributed by atoms with Crippen molar-refractivity contribution in [2.24, 2.45) is 0 Å². The van der Waals surface area contributed by atoms with E-state index in [-0.39, 0.29) is 29.3 Å². The molecule has 2 aromatic rings. The molecular formula is C22H24N2O7S. The highest BCUT2D eigenvalue weighted by Crippen LogP contribution is 2.21. The van der Waals surface area contributed by atoms with Crippen LogP contribution in [-0.2, 0) is 24.3 Å². The molecule has 1 heterocycles. The number of para-hydroxylation sites is 1. The van der Waals surface area contributed by atoms with Crippen molar-refractivity contribution in [1.82, 2.24) is 4.31 Å². The Kier molecular flexibility index (Phi) is 7.39. The molecular weight excluding hydrogens is 436 g/mol. The number of ether oxygens (including phenoxy) is 2. The second kappa shape index (κ2) is 10.0. The van der Waals surface area contributed by atoms with Crippen LogP contribution in [0.25, 0.3) is 0 Å². The summed E-state index contributed by atoms with van der Waals surface area (Å²) in [6.45, 7) is 3.51. The number of nitrogens with zero attached hydrogens (tertiary/aromatic N) is 1. The molecule has 1 amide bonds. The number of amides is 1. The van der Waals surface area contributed by atoms with Crippen LogP contribution in [0.1, 0.15) is 33.2 Å². The Morgan fingerprint density at radius 2 is 1.75 bits per heavy atom. The maximum absolute atomic E-state index is 12.9. The van der Waals surface area contributed by atoms with E-state index in [1.54, 1.807) is 31.2 Å². The second-order valence-electron chi connectivity index (χ2n) is 7.22. The van der Waals surface area contributed by atoms with Crippen LogP contribution >= 0.6 is 0 Å². The topological polar surface area (TPSA) is 119 Å². The first-order valence-corrected chi connectivity index (χ1v) is 11.4. The highest BCUT2D eigenvalue weighted by Gasteiger charge is 2.27. The fourth-order valence-electron chi connectivity index (χ4n) is 3.21. The summed E-state index contributed by atoms with van der Waals surface area (Å²) in [5, 5.41) is 2.54. The minimum absolute atomic E-state index is 0.0308. The number of anilines is 1. The van der Waals surface area contributed by atoms with Gasteiger partial charge in [-0.3, -0.25) is 9.59 Å². The average Bonchev–Trinajstić information content (AvgIpc) is 2.78. The molecule has 1 fully saturated rings. The molecule has 0 spiro atoms. The minimum atomic E-state index is -3.79. The van der Waals surface area contributed by atoms with Gasteiger partial charge in [-0.05, 0) is 43.7 Å². The fraction of sp³-hybridized carbons (Fsp3) is 0.318. The molecule has 1 aliphatic rings. The lowest BCUT2D eigenvalue weighted by atomic mass is 10.1. The third-order valence-corrected chi connectivity index (χ3v) is 6.85. The number of esters is 1. The van der Waals surface area contributed by atoms with Gasteiger partial charge in [-0.2, -0.15) is 4.31 Å². The van der Waals surface area contributed by atoms with Gasteiger partial charge >= 0.3 is 5.97 Å². The van der Waals surface area contributed by atoms with Gasteiger partial charge in [0.25, 0.3) is 5.91 Å². The number of sulfonamides is 1. The second-order valence-corrected chi connectivity index (χ2v) is 9.16. The van der Waals surface area contributed by atoms with Crippen molar-refractivity contribution < 1.29 is 32.3 Å². The Hall–Kier alpha value is -3.08. The number of hydrogen-bond donors (Lipinski definition) is 1. The summed E-state index contributed by atoms with van der Waals surface area (Å²) in [6, 6.07) is 10.7. The van der Waals surface area contributed by atoms with Gasteiger partial charge in [-0.25, -0.2) is 13.2 Å². The van der Waals surface area contributed by atoms with Gasteiger partial charge in [0.15, 0.2) is 12.4 Å². The van der Waals surface area contributed by atoms with Gasteiger partial charge in [-0.1, -0.05) is 18.2 Å². The van der Waals surface area contributed by atoms with E-state index in [0.29, 0.717) is 30.0 Å². The van der Waals surface area contributed by atoms with Crippen molar-refractivity contribution in [3.8, 4) is 0 Å². The molecule has 0 unspecified atom stereocenters. The quantitative estimate of drug-likeness (QED) is 0.496. The summed E-state index contributed by atoms with van der Waals surface area (Å²) in [4.78, 5) is 36.4. The molecule has 32 heavy (non-hydrogen) atoms. The van der Waals surface area contributed by atoms with E-state index >= 15 is 0 Å². The number of Topliss-reactive ketones (excluding diaryl/α,β-unsaturated/α-hetero) is 1. The Labute approximate surface area is 186 Å². The van der Waals surface area contributed by atoms with Crippen LogP contribution in [0, 0.1) is 6.92 Å². The average molecular weight is 461 g/mol. The number of carbonyl (C=O) groups excluding carboxylic acids is 3. The highest BCUT2D eigenvalue weighted by molar-refractivity contribution is 7.89. The molecule has 0 saturated carbocycles. The largest absolute Gasteiger partial charge is 0.452 e. The van der Waals surface area contributed by atoms with Crippen LogP contribution in [-0.4, -0.2) is 63.3 Å². The maximum atomic E-state index is 12.9. The van der Waals surface area contributed by atoms with Crippen molar-refractivity contribution >= 4 is 33.4 Å². The molecule has 9 nitrogen and oxygen atoms in total. The Morgan fingerprint density at radius 1 is 1.06 bits per heavy atom. The number of benzene rings is 2. The van der Waals surface area contributed by atoms with Gasteiger partial charge in [0, 0.05) is 18.7 Å². The van der Waals surface area contributed by atoms with Crippen molar-refractivity contribution in [2.45, 2.75) is 18.7 Å². The predicted octanol–water partition coefficient (Wildman–Crippen LogP) is 2.01. The van der Waals surface area contributed by atoms with Crippen LogP contribution < -0.4 is 5.32 Å². The summed E-state index contributed by atoms with van der Waals surface area (Å²) in [5.74, 6) is -1.66. The summed E-state index contributed by atoms with van der Waals surface area (Å²) >= 11 is 0. The summed E-state index contributed by atoms with van der Waals surface area (Å²) < 4.78 is 37.3. The Balaban J connectivity index is 1.69. The third-order valence-electron chi connectivity index (χ3n) is 4.95. The minimum Gasteiger partial charge on any atom is -0.452 e. The standard InChI is InChI=1S/C22H24N2O7S/c1-15-7-8-17(32(28,29)24-9-11-30-12-10-24)13-19(15)22(27)31-14-21(26)23-20-6-4-3-5-18(20)16(2)25/h3-8,13H,9-12,14H2,1-2H3,(H,23,26). The number of rotatable bonds is 7. The zero-order valence-electron chi connectivity index (χ0n) is 17.8. The van der Waals surface area contributed by atoms with E-state index in [2.05, 4.69) is 5.32 Å². The smallest absolute Gasteiger partial charge is 0.338 e. The van der Waals surface area contributed by atoms with E-state index in [9.17, 15) is 22.8 Å². The van der Waals surface area contributed by atoms with Crippen molar-refractivity contribution in [2.75, 3.05) is 38.2 Å². The monoisotopic (exact) mass is 460 g/mol. The molecule has 1 N–H and O–H groups in total. The van der Waals surface area contributed by atoms with E-state index in [1.165, 1.54) is 29.4 Å². The normalized spacial score (nSPS) is 14.6. The van der Waals surface area contributed by atoms with E-state index in [4.69, 9.17) is 9.47 Å². The summed E-state index contributed by atoms with van der Waals surface area (Å²) in [6.07, 6.45) is 0. The van der Waals surface area contributed by atoms with Crippen molar-refractivity contribution in [3.63, 3.8) is 0 Å². The molecule has 0 bridgehead atoms. The van der Waals surface area contributed by atoms with Crippen molar-refractivity contribution in [1.29, 1.82) is 0 Å². The first kappa shape index (κ1) is 23.6. The lowest BCUT2D eigenvalue weighted by Crippen LogP contribution is -2.40. The molecule has 1 saturated heterocycles. The lowest BCUT2D eigenvalue weighted by molar-refractivity contribution is -0.119. The maximum Gasteiger partial charge on any atom is 0.338 e. The van der Waals surface area contributed by atoms with Gasteiger partial charge in [0.1, 0.15) is 0 Å². The molecule has 170 valence electrons. The zero-order valence-corrected chi connectivity index (χ0v) is 18.6. The summed E-state index contributed by atoms with van der Waals surface area (Å²) in [7, 11) is -3.79. The van der Waals surface area contributed by atoms with Gasteiger partial charge in [0.2, 0.25) is 10.0 Å². The number of carbonyl (C=O) groups is 3. The Bertz CT molecular complexity index is 1140. The van der Waals surface area contributed by atoms with Crippen LogP contribution in [0.15, 0.2) is 47.4 Å². The number of ketones is 1. The van der Waals surface area contributed by atoms with Gasteiger partial charge in [0.05, 0.1) is 29.4 Å². The van der Waals surface area contributed by atoms with Crippen LogP contribution in [0.3, 0.4) is 0 Å². The number of nitrogens with one attached hydrogen (secondary N) is 1. The zero-order chi connectivity index (χ0) is 23.3. The molecule has 0 radical (unpaired) electrons. The van der Waals surface area contributed by atoms with Crippen LogP contribution in [0.2, 0.25) is 0 Å². The Morgan fingerprint density at radius 3 is 2.44 bits per heavy atom. The molecule has 1 aliphatic heterocycles. The molecule has 0 aromatic heterocycles. The molecule has 2 aromatic carbocycles. The van der Waals surface area contributed by atoms with Crippen LogP contribution in [0.5, 0.6) is 0 Å². The SMILES string of the molecule is CC(=O)c1ccccc1NC(=O)COC(=O)c1cc(S(=O)(=O)N2CCOCC2)ccc1C. The number of morpholine rings is 1. The lowest BCUT2D eigenvalue weighted by Gasteiger charge is -2.26. The van der Waals surface area contributed by atoms with E-state index < -0.39 is 28.5 Å². The first-order chi connectivity index (χ1) is 15.2. The molecule has 0 aliphatic carbocycles. The summed E-state index contributed by atoms with van der Waals surface area (Å²) in [5.41, 5.74) is 1.22. The third kappa shape index (κ3) is 5.39. The van der Waals surface area contributed by atoms with Crippen molar-refractivity contribution in [3.05, 3.63) is 59.2 Å². The van der Waals surface area contributed by atoms with E-state index in [1.807, 2.05) is 0 Å². The fourth-order valence-corrected chi connectivity index (χ4v) is 4.65. The van der Waals surface area contributed by atoms with Gasteiger partial charge < -0.3 is 14.8 Å². The predicted molar refractivity (Wildman–Crippen MR) is 116 cm³/mol. The van der Waals surface area contributed by atoms with Gasteiger partial charge in [-0.15, -0.1) is 0 Å². The van der Waals surface area contributed by atoms with E-state index in [0.717, 1.165) is 0 Å². The molecule has 10 heteroatoms. The number of hydrogen-bond acceptors (Lipinski definition) is 7. The molecule has 0 atom stereocenters. The van der Waals surface area contributed by atoms with Crippen LogP contribution in [0.4, 0.5) is 5.69 Å². The highest BCUT2D eigenvalue weighted by atomic mass is 32.2. The first-order valence-electron chi connectivity index (χ1n) is 9.95. The molecule has 3 rings (SSSR count).